The normalized spacial score (nSPS) is 27.6. The van der Waals surface area contributed by atoms with Gasteiger partial charge in [0.2, 0.25) is 0 Å². The molecule has 0 aliphatic heterocycles. The molecule has 1 rings (SSSR count). The molecular weight excluding hydrogens is 198 g/mol. The minimum atomic E-state index is 0.351. The topological polar surface area (TPSA) is 21.3 Å². The number of hydrogen-bond acceptors (Lipinski definition) is 2. The van der Waals surface area contributed by atoms with Gasteiger partial charge < -0.3 is 10.1 Å². The van der Waals surface area contributed by atoms with E-state index in [-0.39, 0.29) is 0 Å². The molecule has 3 atom stereocenters. The Balaban J connectivity index is 2.37. The second-order valence-electron chi connectivity index (χ2n) is 5.39. The molecule has 0 aromatic rings. The van der Waals surface area contributed by atoms with Crippen LogP contribution < -0.4 is 5.32 Å². The zero-order valence-electron chi connectivity index (χ0n) is 11.5. The van der Waals surface area contributed by atoms with Crippen LogP contribution in [0.25, 0.3) is 0 Å². The summed E-state index contributed by atoms with van der Waals surface area (Å²) < 4.78 is 5.78. The molecule has 96 valence electrons. The van der Waals surface area contributed by atoms with Crippen molar-refractivity contribution in [3.63, 3.8) is 0 Å². The number of hydrogen-bond donors (Lipinski definition) is 1. The highest BCUT2D eigenvalue weighted by atomic mass is 16.5. The van der Waals surface area contributed by atoms with Gasteiger partial charge in [0.05, 0.1) is 12.7 Å². The SMILES string of the molecule is CCNC(COC(C)C)C1CCC(CC)C1. The molecule has 1 saturated carbocycles. The van der Waals surface area contributed by atoms with Gasteiger partial charge in [0.1, 0.15) is 0 Å². The zero-order valence-corrected chi connectivity index (χ0v) is 11.5. The van der Waals surface area contributed by atoms with E-state index in [9.17, 15) is 0 Å². The van der Waals surface area contributed by atoms with Crippen molar-refractivity contribution in [3.05, 3.63) is 0 Å². The van der Waals surface area contributed by atoms with E-state index in [0.717, 1.165) is 25.0 Å². The second-order valence-corrected chi connectivity index (χ2v) is 5.39. The van der Waals surface area contributed by atoms with Gasteiger partial charge in [0.15, 0.2) is 0 Å². The van der Waals surface area contributed by atoms with E-state index in [1.807, 2.05) is 0 Å². The summed E-state index contributed by atoms with van der Waals surface area (Å²) in [6.07, 6.45) is 5.91. The third kappa shape index (κ3) is 4.42. The van der Waals surface area contributed by atoms with Gasteiger partial charge in [-0.05, 0) is 45.1 Å². The second kappa shape index (κ2) is 7.29. The monoisotopic (exact) mass is 227 g/mol. The van der Waals surface area contributed by atoms with Gasteiger partial charge in [-0.1, -0.05) is 26.7 Å². The Kier molecular flexibility index (Phi) is 6.37. The zero-order chi connectivity index (χ0) is 12.0. The van der Waals surface area contributed by atoms with Crippen molar-refractivity contribution in [2.24, 2.45) is 11.8 Å². The highest BCUT2D eigenvalue weighted by molar-refractivity contribution is 4.84. The molecule has 0 aromatic heterocycles. The maximum absolute atomic E-state index is 5.78. The van der Waals surface area contributed by atoms with Gasteiger partial charge in [-0.15, -0.1) is 0 Å². The van der Waals surface area contributed by atoms with E-state index < -0.39 is 0 Å². The lowest BCUT2D eigenvalue weighted by atomic mass is 9.96. The number of rotatable bonds is 7. The number of likely N-dealkylation sites (N-methyl/N-ethyl adjacent to an activating group) is 1. The minimum absolute atomic E-state index is 0.351. The van der Waals surface area contributed by atoms with Crippen molar-refractivity contribution in [2.75, 3.05) is 13.2 Å². The fourth-order valence-corrected chi connectivity index (χ4v) is 2.77. The Labute approximate surface area is 101 Å². The van der Waals surface area contributed by atoms with Crippen molar-refractivity contribution in [1.82, 2.24) is 5.32 Å². The van der Waals surface area contributed by atoms with E-state index in [0.29, 0.717) is 12.1 Å². The summed E-state index contributed by atoms with van der Waals surface area (Å²) in [4.78, 5) is 0. The Morgan fingerprint density at radius 3 is 2.50 bits per heavy atom. The minimum Gasteiger partial charge on any atom is -0.377 e. The van der Waals surface area contributed by atoms with Gasteiger partial charge in [0.25, 0.3) is 0 Å². The summed E-state index contributed by atoms with van der Waals surface area (Å²) >= 11 is 0. The lowest BCUT2D eigenvalue weighted by molar-refractivity contribution is 0.0486. The molecule has 0 spiro atoms. The Bertz CT molecular complexity index is 182. The van der Waals surface area contributed by atoms with Crippen molar-refractivity contribution in [1.29, 1.82) is 0 Å². The van der Waals surface area contributed by atoms with Crippen LogP contribution in [-0.2, 0) is 4.74 Å². The maximum atomic E-state index is 5.78. The molecule has 0 saturated heterocycles. The van der Waals surface area contributed by atoms with Crippen LogP contribution in [0.1, 0.15) is 53.4 Å². The predicted molar refractivity (Wildman–Crippen MR) is 69.7 cm³/mol. The standard InChI is InChI=1S/C14H29NO/c1-5-12-7-8-13(9-12)14(15-6-2)10-16-11(3)4/h11-15H,5-10H2,1-4H3. The van der Waals surface area contributed by atoms with E-state index in [2.05, 4.69) is 33.0 Å². The molecule has 2 heteroatoms. The fraction of sp³-hybridized carbons (Fsp3) is 1.00. The van der Waals surface area contributed by atoms with Crippen molar-refractivity contribution >= 4 is 0 Å². The molecule has 0 heterocycles. The van der Waals surface area contributed by atoms with Crippen LogP contribution in [0.5, 0.6) is 0 Å². The van der Waals surface area contributed by atoms with Crippen LogP contribution in [0.4, 0.5) is 0 Å². The van der Waals surface area contributed by atoms with Crippen LogP contribution >= 0.6 is 0 Å². The van der Waals surface area contributed by atoms with E-state index >= 15 is 0 Å². The van der Waals surface area contributed by atoms with E-state index in [1.165, 1.54) is 25.7 Å². The Hall–Kier alpha value is -0.0800. The van der Waals surface area contributed by atoms with Crippen molar-refractivity contribution < 1.29 is 4.74 Å². The van der Waals surface area contributed by atoms with Crippen LogP contribution in [0.3, 0.4) is 0 Å². The quantitative estimate of drug-likeness (QED) is 0.721. The van der Waals surface area contributed by atoms with Gasteiger partial charge >= 0.3 is 0 Å². The molecule has 0 aromatic carbocycles. The van der Waals surface area contributed by atoms with Gasteiger partial charge in [-0.2, -0.15) is 0 Å². The fourth-order valence-electron chi connectivity index (χ4n) is 2.77. The van der Waals surface area contributed by atoms with Crippen LogP contribution in [0.15, 0.2) is 0 Å². The number of nitrogens with one attached hydrogen (secondary N) is 1. The Morgan fingerprint density at radius 1 is 1.25 bits per heavy atom. The molecule has 1 N–H and O–H groups in total. The van der Waals surface area contributed by atoms with Gasteiger partial charge in [-0.3, -0.25) is 0 Å². The van der Waals surface area contributed by atoms with Crippen molar-refractivity contribution in [3.8, 4) is 0 Å². The molecule has 1 aliphatic carbocycles. The first kappa shape index (κ1) is 14.0. The van der Waals surface area contributed by atoms with E-state index in [1.54, 1.807) is 0 Å². The smallest absolute Gasteiger partial charge is 0.0625 e. The average molecular weight is 227 g/mol. The molecule has 1 fully saturated rings. The molecule has 2 nitrogen and oxygen atoms in total. The molecule has 1 aliphatic rings. The molecular formula is C14H29NO. The first-order valence-corrected chi connectivity index (χ1v) is 7.02. The van der Waals surface area contributed by atoms with Crippen LogP contribution in [-0.4, -0.2) is 25.3 Å². The average Bonchev–Trinajstić information content (AvgIpc) is 2.72. The van der Waals surface area contributed by atoms with Crippen molar-refractivity contribution in [2.45, 2.75) is 65.5 Å². The number of ether oxygens (including phenoxy) is 1. The highest BCUT2D eigenvalue weighted by Gasteiger charge is 2.29. The Morgan fingerprint density at radius 2 is 2.00 bits per heavy atom. The summed E-state index contributed by atoms with van der Waals surface area (Å²) in [5.74, 6) is 1.80. The van der Waals surface area contributed by atoms with E-state index in [4.69, 9.17) is 4.74 Å². The first-order valence-electron chi connectivity index (χ1n) is 7.02. The van der Waals surface area contributed by atoms with Crippen LogP contribution in [0.2, 0.25) is 0 Å². The lowest BCUT2D eigenvalue weighted by Crippen LogP contribution is -2.39. The highest BCUT2D eigenvalue weighted by Crippen LogP contribution is 2.35. The predicted octanol–water partition coefficient (Wildman–Crippen LogP) is 3.22. The molecule has 3 unspecified atom stereocenters. The summed E-state index contributed by atoms with van der Waals surface area (Å²) in [6.45, 7) is 10.7. The molecule has 0 bridgehead atoms. The third-order valence-electron chi connectivity index (χ3n) is 3.80. The third-order valence-corrected chi connectivity index (χ3v) is 3.80. The molecule has 0 radical (unpaired) electrons. The summed E-state index contributed by atoms with van der Waals surface area (Å²) in [7, 11) is 0. The molecule has 16 heavy (non-hydrogen) atoms. The molecule has 0 amide bonds. The van der Waals surface area contributed by atoms with Gasteiger partial charge in [0, 0.05) is 6.04 Å². The van der Waals surface area contributed by atoms with Crippen LogP contribution in [0, 0.1) is 11.8 Å². The largest absolute Gasteiger partial charge is 0.377 e. The summed E-state index contributed by atoms with van der Waals surface area (Å²) in [5, 5.41) is 3.60. The lowest BCUT2D eigenvalue weighted by Gasteiger charge is -2.25. The summed E-state index contributed by atoms with van der Waals surface area (Å²) in [6, 6.07) is 0.573. The maximum Gasteiger partial charge on any atom is 0.0625 e. The summed E-state index contributed by atoms with van der Waals surface area (Å²) in [5.41, 5.74) is 0. The van der Waals surface area contributed by atoms with Gasteiger partial charge in [-0.25, -0.2) is 0 Å². The first-order chi connectivity index (χ1) is 7.67.